The number of aliphatic carboxylic acids is 1. The first-order chi connectivity index (χ1) is 40.7. The van der Waals surface area contributed by atoms with Crippen LogP contribution in [-0.4, -0.2) is 274 Å². The molecule has 28 nitrogen and oxygen atoms in total. The Kier molecular flexibility index (Phi) is 19.3. The molecule has 4 saturated carbocycles. The van der Waals surface area contributed by atoms with Crippen molar-refractivity contribution in [2.75, 3.05) is 26.4 Å². The summed E-state index contributed by atoms with van der Waals surface area (Å²) in [4.78, 5) is 27.0. The Bertz CT molecular complexity index is 2470. The number of carboxylic acids is 1. The molecule has 87 heavy (non-hydrogen) atoms. The molecule has 0 bridgehead atoms. The summed E-state index contributed by atoms with van der Waals surface area (Å²) in [6.45, 7) is 12.5. The van der Waals surface area contributed by atoms with Gasteiger partial charge in [-0.2, -0.15) is 0 Å². The summed E-state index contributed by atoms with van der Waals surface area (Å²) in [6.07, 6.45) is -33.4. The van der Waals surface area contributed by atoms with Gasteiger partial charge in [0.2, 0.25) is 6.29 Å². The number of hydrogen-bond acceptors (Lipinski definition) is 27. The minimum atomic E-state index is -1.99. The molecule has 0 aromatic rings. The molecule has 10 aliphatic rings. The van der Waals surface area contributed by atoms with Gasteiger partial charge in [0.25, 0.3) is 0 Å². The summed E-state index contributed by atoms with van der Waals surface area (Å²) in [5, 5.41) is 172. The fourth-order valence-corrected chi connectivity index (χ4v) is 17.6. The molecule has 0 amide bonds. The number of rotatable bonds is 14. The summed E-state index contributed by atoms with van der Waals surface area (Å²) in [6, 6.07) is 0. The lowest BCUT2D eigenvalue weighted by atomic mass is 9.33. The number of aliphatic hydroxyl groups is 15. The maximum Gasteiger partial charge on any atom is 0.335 e. The van der Waals surface area contributed by atoms with Crippen LogP contribution in [-0.2, 0) is 57.0 Å². The van der Waals surface area contributed by atoms with Crippen LogP contribution in [0, 0.1) is 50.2 Å². The molecule has 0 aromatic carbocycles. The topological polar surface area (TPSA) is 450 Å². The number of carbonyl (C=O) groups excluding carboxylic acids is 1. The molecule has 5 saturated heterocycles. The Morgan fingerprint density at radius 2 is 1.20 bits per heavy atom. The van der Waals surface area contributed by atoms with E-state index in [0.717, 1.165) is 12.0 Å². The monoisotopic (exact) mass is 1250 g/mol. The highest BCUT2D eigenvalue weighted by atomic mass is 16.8. The number of aliphatic hydroxyl groups excluding tert-OH is 15. The molecule has 5 aliphatic heterocycles. The van der Waals surface area contributed by atoms with Crippen molar-refractivity contribution in [3.63, 3.8) is 0 Å². The lowest BCUT2D eigenvalue weighted by Crippen LogP contribution is -2.67. The van der Waals surface area contributed by atoms with Gasteiger partial charge >= 0.3 is 11.9 Å². The standard InChI is InChI=1S/C59H94O28/c1-23-32(63)34(65)39(70)50(80-23)85-45-27(19-60)81-48(42(73)38(45)69)79-21-28-33(64)35(66)40(71)51(82-28)87-53(77)59-16-14-54(2,3)18-25(59)24-8-9-30-55(4)12-11-31(56(5,22-61)29(55)10-13-58(30,7)57(24,6)15-17-59)83-49-43(74)44(26(62)20-78-49)84-52-41(72)36(67)37(68)46(86-52)47(75)76/h8,23,25-46,48-52,60-74H,9-22H2,1-7H3,(H,75,76)/t23-,25-,26-,27+,28+,29+,30+,31-,32-,33+,34-,35-,36-,37-,38+,39+,40+,41+,42+,43+,44-,45+,46-,48+,49-,50-,51-,52+,55-,56-,57+,58+,59-/m0/s1. The van der Waals surface area contributed by atoms with Crippen LogP contribution in [0.4, 0.5) is 0 Å². The molecule has 28 heteroatoms. The molecule has 33 atom stereocenters. The van der Waals surface area contributed by atoms with E-state index >= 15 is 4.79 Å². The number of esters is 1. The minimum absolute atomic E-state index is 0.0840. The molecule has 5 aliphatic carbocycles. The molecule has 498 valence electrons. The van der Waals surface area contributed by atoms with Crippen molar-refractivity contribution in [1.29, 1.82) is 0 Å². The Morgan fingerprint density at radius 3 is 1.86 bits per heavy atom. The lowest BCUT2D eigenvalue weighted by molar-refractivity contribution is -0.361. The van der Waals surface area contributed by atoms with Crippen LogP contribution in [0.25, 0.3) is 0 Å². The predicted molar refractivity (Wildman–Crippen MR) is 290 cm³/mol. The SMILES string of the molecule is C[C@@H]1O[C@@H](O[C@H]2[C@H](O)[C@@H](O)[C@H](OC[C@H]3O[C@@H](OC(=O)[C@]45CCC(C)(C)C[C@H]4C4=CC[C@@H]6[C@@]7(C)CC[C@H](O[C@@H]8OC[C@H](O)[C@H](O[C@@H]9O[C@H](C(=O)O)[C@@H](O)[C@H](O)[C@H]9O)[C@H]8O)[C@@](C)(CO)[C@@H]7CC[C@@]6(C)[C@]4(C)CC5)[C@H](O)[C@@H](O)[C@@H]3O)O[C@@H]2CO)[C@H](O)[C@@H](O)[C@H]1O. The number of allylic oxidation sites excluding steroid dienone is 2. The van der Waals surface area contributed by atoms with Crippen molar-refractivity contribution < 1.29 is 139 Å². The highest BCUT2D eigenvalue weighted by Gasteiger charge is 2.71. The Hall–Kier alpha value is -2.28. The number of fused-ring (bicyclic) bond motifs is 7. The van der Waals surface area contributed by atoms with Crippen LogP contribution in [0.15, 0.2) is 11.6 Å². The maximum atomic E-state index is 15.2. The molecule has 16 N–H and O–H groups in total. The van der Waals surface area contributed by atoms with E-state index < -0.39 is 202 Å². The van der Waals surface area contributed by atoms with Crippen molar-refractivity contribution in [1.82, 2.24) is 0 Å². The fraction of sp³-hybridized carbons (Fsp3) is 0.932. The molecule has 0 unspecified atom stereocenters. The van der Waals surface area contributed by atoms with Gasteiger partial charge < -0.3 is 129 Å². The first-order valence-corrected chi connectivity index (χ1v) is 30.8. The summed E-state index contributed by atoms with van der Waals surface area (Å²) < 4.78 is 58.3. The zero-order valence-electron chi connectivity index (χ0n) is 50.2. The quantitative estimate of drug-likeness (QED) is 0.0456. The van der Waals surface area contributed by atoms with Crippen LogP contribution < -0.4 is 0 Å². The first kappa shape index (κ1) is 67.6. The number of carbonyl (C=O) groups is 2. The number of carboxylic acid groups (broad SMARTS) is 1. The van der Waals surface area contributed by atoms with Gasteiger partial charge in [-0.1, -0.05) is 53.2 Å². The van der Waals surface area contributed by atoms with Crippen LogP contribution in [0.2, 0.25) is 0 Å². The lowest BCUT2D eigenvalue weighted by Gasteiger charge is -2.71. The summed E-state index contributed by atoms with van der Waals surface area (Å²) in [5.74, 6) is -2.62. The van der Waals surface area contributed by atoms with Gasteiger partial charge in [0.05, 0.1) is 44.1 Å². The molecule has 0 radical (unpaired) electrons. The van der Waals surface area contributed by atoms with Gasteiger partial charge in [-0.05, 0) is 111 Å². The average Bonchev–Trinajstić information content (AvgIpc) is 0.699. The molecule has 0 aromatic heterocycles. The summed E-state index contributed by atoms with van der Waals surface area (Å²) >= 11 is 0. The van der Waals surface area contributed by atoms with Gasteiger partial charge in [-0.15, -0.1) is 0 Å². The van der Waals surface area contributed by atoms with Crippen molar-refractivity contribution in [2.45, 2.75) is 266 Å². The van der Waals surface area contributed by atoms with Crippen molar-refractivity contribution >= 4 is 11.9 Å². The van der Waals surface area contributed by atoms with Crippen molar-refractivity contribution in [2.24, 2.45) is 50.2 Å². The molecular formula is C59H94O28. The van der Waals surface area contributed by atoms with Gasteiger partial charge in [0, 0.05) is 5.41 Å². The first-order valence-electron chi connectivity index (χ1n) is 30.8. The zero-order chi connectivity index (χ0) is 63.6. The third-order valence-corrected chi connectivity index (χ3v) is 23.2. The predicted octanol–water partition coefficient (Wildman–Crippen LogP) is -3.48. The maximum absolute atomic E-state index is 15.2. The average molecular weight is 1250 g/mol. The normalized spacial score (nSPS) is 54.2. The fourth-order valence-electron chi connectivity index (χ4n) is 17.6. The summed E-state index contributed by atoms with van der Waals surface area (Å²) in [7, 11) is 0. The molecule has 9 fully saturated rings. The van der Waals surface area contributed by atoms with Gasteiger partial charge in [0.15, 0.2) is 31.3 Å². The van der Waals surface area contributed by atoms with Crippen LogP contribution in [0.1, 0.15) is 113 Å². The van der Waals surface area contributed by atoms with E-state index in [2.05, 4.69) is 40.7 Å². The van der Waals surface area contributed by atoms with Gasteiger partial charge in [-0.3, -0.25) is 4.79 Å². The second-order valence-electron chi connectivity index (χ2n) is 28.5. The third kappa shape index (κ3) is 11.4. The Labute approximate surface area is 503 Å². The Morgan fingerprint density at radius 1 is 0.586 bits per heavy atom. The van der Waals surface area contributed by atoms with Gasteiger partial charge in [0.1, 0.15) is 104 Å². The van der Waals surface area contributed by atoms with E-state index in [4.69, 9.17) is 47.4 Å². The number of hydrogen-bond donors (Lipinski definition) is 16. The minimum Gasteiger partial charge on any atom is -0.479 e. The van der Waals surface area contributed by atoms with Crippen LogP contribution >= 0.6 is 0 Å². The highest BCUT2D eigenvalue weighted by molar-refractivity contribution is 5.79. The molecule has 0 spiro atoms. The van der Waals surface area contributed by atoms with E-state index in [0.29, 0.717) is 57.8 Å². The molecular weight excluding hydrogens is 1160 g/mol. The molecule has 10 rings (SSSR count). The highest BCUT2D eigenvalue weighted by Crippen LogP contribution is 2.76. The molecule has 5 heterocycles. The van der Waals surface area contributed by atoms with E-state index in [-0.39, 0.29) is 40.6 Å². The van der Waals surface area contributed by atoms with Crippen molar-refractivity contribution in [3.05, 3.63) is 11.6 Å². The second-order valence-corrected chi connectivity index (χ2v) is 28.5. The van der Waals surface area contributed by atoms with Crippen LogP contribution in [0.3, 0.4) is 0 Å². The summed E-state index contributed by atoms with van der Waals surface area (Å²) in [5.41, 5.74) is -2.15. The second kappa shape index (κ2) is 24.9. The zero-order valence-corrected chi connectivity index (χ0v) is 50.2. The van der Waals surface area contributed by atoms with Crippen LogP contribution in [0.5, 0.6) is 0 Å². The van der Waals surface area contributed by atoms with E-state index in [1.54, 1.807) is 0 Å². The van der Waals surface area contributed by atoms with Crippen molar-refractivity contribution in [3.8, 4) is 0 Å². The Balaban J connectivity index is 0.821. The number of ether oxygens (including phenoxy) is 10. The largest absolute Gasteiger partial charge is 0.479 e. The third-order valence-electron chi connectivity index (χ3n) is 23.2. The van der Waals surface area contributed by atoms with Gasteiger partial charge in [-0.25, -0.2) is 4.79 Å². The smallest absolute Gasteiger partial charge is 0.335 e. The van der Waals surface area contributed by atoms with E-state index in [1.165, 1.54) is 6.92 Å². The van der Waals surface area contributed by atoms with E-state index in [1.807, 2.05) is 6.92 Å². The van der Waals surface area contributed by atoms with E-state index in [9.17, 15) is 86.5 Å².